The van der Waals surface area contributed by atoms with Crippen molar-refractivity contribution in [3.05, 3.63) is 116 Å². The number of aromatic hydroxyl groups is 1. The second-order valence-corrected chi connectivity index (χ2v) is 8.64. The van der Waals surface area contributed by atoms with Gasteiger partial charge in [-0.05, 0) is 108 Å². The van der Waals surface area contributed by atoms with Crippen LogP contribution < -0.4 is 0 Å². The Morgan fingerprint density at radius 1 is 0.875 bits per heavy atom. The van der Waals surface area contributed by atoms with E-state index in [1.165, 1.54) is 0 Å². The van der Waals surface area contributed by atoms with Gasteiger partial charge in [0.25, 0.3) is 0 Å². The lowest BCUT2D eigenvalue weighted by Crippen LogP contribution is -2.10. The molecule has 0 bridgehead atoms. The van der Waals surface area contributed by atoms with Gasteiger partial charge in [0.05, 0.1) is 0 Å². The van der Waals surface area contributed by atoms with Gasteiger partial charge >= 0.3 is 0 Å². The van der Waals surface area contributed by atoms with Crippen LogP contribution in [0.15, 0.2) is 60.8 Å². The summed E-state index contributed by atoms with van der Waals surface area (Å²) in [6.07, 6.45) is 1.76. The van der Waals surface area contributed by atoms with Gasteiger partial charge in [0.2, 0.25) is 0 Å². The number of phenols is 1. The largest absolute Gasteiger partial charge is 0.507 e. The first-order valence-electron chi connectivity index (χ1n) is 10.8. The van der Waals surface area contributed by atoms with Crippen LogP contribution in [0.4, 0.5) is 5.69 Å². The van der Waals surface area contributed by atoms with Crippen molar-refractivity contribution in [1.29, 1.82) is 0 Å². The molecule has 3 heteroatoms. The molecule has 0 aliphatic rings. The molecule has 3 rings (SSSR count). The van der Waals surface area contributed by atoms with E-state index in [2.05, 4.69) is 68.6 Å². The monoisotopic (exact) mass is 425 g/mol. The quantitative estimate of drug-likeness (QED) is 0.247. The molecule has 1 N–H and O–H groups in total. The lowest BCUT2D eigenvalue weighted by atomic mass is 9.78. The number of nitroso groups, excluding NO2 is 1. The Morgan fingerprint density at radius 2 is 1.41 bits per heavy atom. The molecule has 0 spiro atoms. The Balaban J connectivity index is 2.35. The third-order valence-corrected chi connectivity index (χ3v) is 6.77. The number of hydrogen-bond donors (Lipinski definition) is 1. The summed E-state index contributed by atoms with van der Waals surface area (Å²) in [5.74, 6) is 0.282. The van der Waals surface area contributed by atoms with Crippen molar-refractivity contribution < 1.29 is 5.11 Å². The van der Waals surface area contributed by atoms with Crippen molar-refractivity contribution in [2.24, 2.45) is 5.18 Å². The third kappa shape index (κ3) is 3.91. The van der Waals surface area contributed by atoms with Gasteiger partial charge in [-0.3, -0.25) is 0 Å². The molecule has 3 aromatic rings. The molecule has 1 atom stereocenters. The molecule has 0 saturated heterocycles. The summed E-state index contributed by atoms with van der Waals surface area (Å²) in [7, 11) is 0. The van der Waals surface area contributed by atoms with Crippen LogP contribution in [0.2, 0.25) is 0 Å². The minimum absolute atomic E-state index is 0.0582. The summed E-state index contributed by atoms with van der Waals surface area (Å²) in [5, 5.41) is 13.8. The normalized spacial score (nSPS) is 11.8. The van der Waals surface area contributed by atoms with E-state index >= 15 is 0 Å². The van der Waals surface area contributed by atoms with Crippen LogP contribution in [-0.2, 0) is 0 Å². The average molecular weight is 426 g/mol. The molecule has 3 nitrogen and oxygen atoms in total. The van der Waals surface area contributed by atoms with Crippen molar-refractivity contribution in [1.82, 2.24) is 0 Å². The van der Waals surface area contributed by atoms with Crippen LogP contribution in [0.1, 0.15) is 61.6 Å². The lowest BCUT2D eigenvalue weighted by Gasteiger charge is -2.26. The molecule has 0 aromatic heterocycles. The SMILES string of the molecule is C=CC(=C)c1ccc(C(c2cc(C)c(O)c(C)c2C)c2cc(C)c(N=O)c(C)c2C)cc1. The highest BCUT2D eigenvalue weighted by atomic mass is 16.3. The van der Waals surface area contributed by atoms with E-state index in [9.17, 15) is 10.0 Å². The van der Waals surface area contributed by atoms with Gasteiger partial charge < -0.3 is 5.11 Å². The number of nitrogens with zero attached hydrogens (tertiary/aromatic N) is 1. The standard InChI is InChI=1S/C29H31NO2/c1-9-16(2)23-10-12-24(13-11-23)27(26-15-18(4)29(31)22(8)20(26)6)25-14-17(3)28(30-32)21(7)19(25)5/h9-15,27,31H,1-2H2,3-8H3. The second kappa shape index (κ2) is 8.96. The highest BCUT2D eigenvalue weighted by Gasteiger charge is 2.25. The molecular formula is C29H31NO2. The van der Waals surface area contributed by atoms with Gasteiger partial charge in [-0.15, -0.1) is 4.91 Å². The molecule has 0 radical (unpaired) electrons. The maximum absolute atomic E-state index is 11.4. The topological polar surface area (TPSA) is 49.7 Å². The molecule has 0 fully saturated rings. The zero-order chi connectivity index (χ0) is 23.7. The fourth-order valence-corrected chi connectivity index (χ4v) is 4.47. The Hall–Kier alpha value is -3.46. The van der Waals surface area contributed by atoms with E-state index in [1.54, 1.807) is 6.08 Å². The number of aryl methyl sites for hydroxylation is 2. The van der Waals surface area contributed by atoms with Crippen LogP contribution in [0, 0.1) is 46.4 Å². The summed E-state index contributed by atoms with van der Waals surface area (Å²) in [6, 6.07) is 12.5. The number of benzene rings is 3. The summed E-state index contributed by atoms with van der Waals surface area (Å²) in [6.45, 7) is 19.8. The Labute approximate surface area is 191 Å². The van der Waals surface area contributed by atoms with Crippen molar-refractivity contribution in [3.63, 3.8) is 0 Å². The summed E-state index contributed by atoms with van der Waals surface area (Å²) in [5.41, 5.74) is 11.4. The van der Waals surface area contributed by atoms with E-state index in [-0.39, 0.29) is 5.92 Å². The number of hydrogen-bond acceptors (Lipinski definition) is 3. The van der Waals surface area contributed by atoms with Crippen LogP contribution in [0.25, 0.3) is 5.57 Å². The van der Waals surface area contributed by atoms with E-state index in [0.717, 1.165) is 61.2 Å². The summed E-state index contributed by atoms with van der Waals surface area (Å²) in [4.78, 5) is 11.4. The second-order valence-electron chi connectivity index (χ2n) is 8.64. The highest BCUT2D eigenvalue weighted by molar-refractivity contribution is 5.72. The third-order valence-electron chi connectivity index (χ3n) is 6.77. The van der Waals surface area contributed by atoms with Crippen LogP contribution in [0.5, 0.6) is 5.75 Å². The minimum Gasteiger partial charge on any atom is -0.507 e. The number of phenolic OH excluding ortho intramolecular Hbond substituents is 1. The Morgan fingerprint density at radius 3 is 1.94 bits per heavy atom. The van der Waals surface area contributed by atoms with Crippen molar-refractivity contribution in [2.75, 3.05) is 0 Å². The van der Waals surface area contributed by atoms with Crippen LogP contribution in [-0.4, -0.2) is 5.11 Å². The molecule has 1 unspecified atom stereocenters. The van der Waals surface area contributed by atoms with E-state index in [0.29, 0.717) is 11.4 Å². The van der Waals surface area contributed by atoms with Gasteiger partial charge in [-0.2, -0.15) is 0 Å². The van der Waals surface area contributed by atoms with Crippen molar-refractivity contribution in [3.8, 4) is 5.75 Å². The molecule has 32 heavy (non-hydrogen) atoms. The first-order valence-corrected chi connectivity index (χ1v) is 10.8. The van der Waals surface area contributed by atoms with Gasteiger partial charge in [-0.25, -0.2) is 0 Å². The number of rotatable bonds is 6. The van der Waals surface area contributed by atoms with E-state index in [1.807, 2.05) is 27.7 Å². The molecule has 0 aliphatic heterocycles. The van der Waals surface area contributed by atoms with Gasteiger partial charge in [0.15, 0.2) is 0 Å². The van der Waals surface area contributed by atoms with E-state index < -0.39 is 0 Å². The van der Waals surface area contributed by atoms with Gasteiger partial charge in [-0.1, -0.05) is 55.6 Å². The first kappa shape index (κ1) is 23.2. The predicted molar refractivity (Wildman–Crippen MR) is 135 cm³/mol. The fraction of sp³-hybridized carbons (Fsp3) is 0.241. The molecule has 0 amide bonds. The zero-order valence-electron chi connectivity index (χ0n) is 19.8. The molecule has 3 aromatic carbocycles. The average Bonchev–Trinajstić information content (AvgIpc) is 2.79. The minimum atomic E-state index is -0.0582. The van der Waals surface area contributed by atoms with E-state index in [4.69, 9.17) is 0 Å². The van der Waals surface area contributed by atoms with Crippen LogP contribution >= 0.6 is 0 Å². The number of allylic oxidation sites excluding steroid dienone is 2. The summed E-state index contributed by atoms with van der Waals surface area (Å²) >= 11 is 0. The zero-order valence-corrected chi connectivity index (χ0v) is 19.8. The Bertz CT molecular complexity index is 1230. The highest BCUT2D eigenvalue weighted by Crippen LogP contribution is 2.42. The molecule has 0 heterocycles. The van der Waals surface area contributed by atoms with Crippen molar-refractivity contribution >= 4 is 11.3 Å². The van der Waals surface area contributed by atoms with Crippen LogP contribution in [0.3, 0.4) is 0 Å². The fourth-order valence-electron chi connectivity index (χ4n) is 4.47. The molecule has 0 saturated carbocycles. The Kier molecular flexibility index (Phi) is 6.50. The lowest BCUT2D eigenvalue weighted by molar-refractivity contribution is 0.466. The smallest absolute Gasteiger partial charge is 0.121 e. The van der Waals surface area contributed by atoms with Gasteiger partial charge in [0, 0.05) is 5.92 Å². The molecular weight excluding hydrogens is 394 g/mol. The molecule has 0 aliphatic carbocycles. The maximum Gasteiger partial charge on any atom is 0.121 e. The summed E-state index contributed by atoms with van der Waals surface area (Å²) < 4.78 is 0. The predicted octanol–water partition coefficient (Wildman–Crippen LogP) is 8.02. The first-order chi connectivity index (χ1) is 15.1. The van der Waals surface area contributed by atoms with Gasteiger partial charge in [0.1, 0.15) is 11.4 Å². The van der Waals surface area contributed by atoms with Crippen molar-refractivity contribution in [2.45, 2.75) is 47.5 Å². The molecule has 164 valence electrons. The maximum atomic E-state index is 11.4.